The van der Waals surface area contributed by atoms with Crippen LogP contribution in [0.15, 0.2) is 85.1 Å². The summed E-state index contributed by atoms with van der Waals surface area (Å²) in [4.78, 5) is 45.9. The molecule has 0 aliphatic carbocycles. The molecule has 0 rings (SSSR count). The number of unbranched alkanes of at least 4 members (excludes halogenated alkanes) is 13. The van der Waals surface area contributed by atoms with Gasteiger partial charge in [-0.25, -0.2) is 4.57 Å². The van der Waals surface area contributed by atoms with Crippen LogP contribution in [0.4, 0.5) is 0 Å². The highest BCUT2D eigenvalue weighted by molar-refractivity contribution is 7.47. The maximum Gasteiger partial charge on any atom is 0.472 e. The molecule has 0 aliphatic heterocycles. The Kier molecular flexibility index (Phi) is 37.2. The first-order chi connectivity index (χ1) is 27.6. The monoisotopic (exact) mass is 820 g/mol. The van der Waals surface area contributed by atoms with Gasteiger partial charge in [-0.05, 0) is 64.2 Å². The molecule has 0 aromatic heterocycles. The summed E-state index contributed by atoms with van der Waals surface area (Å²) < 4.78 is 32.6. The SMILES string of the molecule is CC/C=C/C=C/C=C/C=C/CCCCCC(=O)OC(COC(=O)CCCCCCCCCCCC/C=C/C/C=C/C/C=C/CC)COP(=O)(O)OC[C@@H](N)C(=O)O. The predicted octanol–water partition coefficient (Wildman–Crippen LogP) is 11.1. The van der Waals surface area contributed by atoms with Crippen LogP contribution >= 0.6 is 7.82 Å². The van der Waals surface area contributed by atoms with Crippen molar-refractivity contribution >= 4 is 25.7 Å². The summed E-state index contributed by atoms with van der Waals surface area (Å²) in [6.07, 6.45) is 48.0. The van der Waals surface area contributed by atoms with Crippen molar-refractivity contribution in [2.75, 3.05) is 19.8 Å². The Labute approximate surface area is 343 Å². The van der Waals surface area contributed by atoms with E-state index in [1.807, 2.05) is 36.5 Å². The zero-order valence-corrected chi connectivity index (χ0v) is 35.8. The van der Waals surface area contributed by atoms with Crippen LogP contribution in [0.5, 0.6) is 0 Å². The number of aliphatic carboxylic acids is 1. The molecule has 3 atom stereocenters. The highest BCUT2D eigenvalue weighted by atomic mass is 31.2. The van der Waals surface area contributed by atoms with Gasteiger partial charge in [-0.2, -0.15) is 0 Å². The van der Waals surface area contributed by atoms with Crippen LogP contribution in [0.3, 0.4) is 0 Å². The largest absolute Gasteiger partial charge is 0.480 e. The van der Waals surface area contributed by atoms with E-state index < -0.39 is 51.1 Å². The lowest BCUT2D eigenvalue weighted by atomic mass is 10.1. The zero-order valence-electron chi connectivity index (χ0n) is 34.9. The molecule has 0 aliphatic rings. The molecule has 0 radical (unpaired) electrons. The molecule has 0 saturated heterocycles. The van der Waals surface area contributed by atoms with E-state index in [1.165, 1.54) is 38.5 Å². The van der Waals surface area contributed by atoms with Crippen LogP contribution < -0.4 is 5.73 Å². The quantitative estimate of drug-likeness (QED) is 0.0178. The number of carbonyl (C=O) groups excluding carboxylic acids is 2. The van der Waals surface area contributed by atoms with Crippen molar-refractivity contribution in [1.82, 2.24) is 0 Å². The molecule has 324 valence electrons. The number of carboxylic acid groups (broad SMARTS) is 1. The maximum absolute atomic E-state index is 12.6. The van der Waals surface area contributed by atoms with Crippen molar-refractivity contribution < 1.29 is 47.5 Å². The van der Waals surface area contributed by atoms with Gasteiger partial charge < -0.3 is 25.2 Å². The fraction of sp³-hybridized carbons (Fsp3) is 0.622. The van der Waals surface area contributed by atoms with Crippen LogP contribution in [-0.4, -0.2) is 59.9 Å². The zero-order chi connectivity index (χ0) is 42.1. The van der Waals surface area contributed by atoms with E-state index in [0.29, 0.717) is 12.8 Å². The minimum atomic E-state index is -4.73. The van der Waals surface area contributed by atoms with E-state index in [4.69, 9.17) is 24.8 Å². The van der Waals surface area contributed by atoms with Crippen LogP contribution in [0.2, 0.25) is 0 Å². The molecule has 0 amide bonds. The summed E-state index contributed by atoms with van der Waals surface area (Å²) in [5.74, 6) is -2.45. The van der Waals surface area contributed by atoms with Gasteiger partial charge in [-0.15, -0.1) is 0 Å². The first-order valence-corrected chi connectivity index (χ1v) is 22.7. The molecule has 4 N–H and O–H groups in total. The fourth-order valence-corrected chi connectivity index (χ4v) is 5.98. The molecule has 0 bridgehead atoms. The number of carboxylic acids is 1. The second kappa shape index (κ2) is 39.5. The highest BCUT2D eigenvalue weighted by Crippen LogP contribution is 2.43. The molecule has 11 nitrogen and oxygen atoms in total. The second-order valence-electron chi connectivity index (χ2n) is 13.8. The van der Waals surface area contributed by atoms with Crippen molar-refractivity contribution in [2.24, 2.45) is 5.73 Å². The summed E-state index contributed by atoms with van der Waals surface area (Å²) >= 11 is 0. The molecule has 0 spiro atoms. The standard InChI is InChI=1S/C45H74NO10P/c1-3-5-7-9-11-13-15-17-18-19-20-21-22-23-25-26-28-30-32-34-36-43(47)53-38-41(39-54-57(51,52)55-40-42(46)45(49)50)56-44(48)37-35-33-31-29-27-24-16-14-12-10-8-6-4-2/h5-8,10-14,16-18,24,27,41-42H,3-4,9,15,19-23,25-26,28-40,46H2,1-2H3,(H,49,50)(H,51,52)/b7-5+,8-6+,12-10+,13-11+,16-14+,18-17+,27-24+/t41?,42-/m1/s1. The number of carbonyl (C=O) groups is 3. The normalized spacial score (nSPS) is 14.6. The number of phosphoric ester groups is 1. The van der Waals surface area contributed by atoms with Gasteiger partial charge in [0, 0.05) is 12.8 Å². The number of esters is 2. The van der Waals surface area contributed by atoms with Gasteiger partial charge in [0.15, 0.2) is 6.10 Å². The Morgan fingerprint density at radius 2 is 1.02 bits per heavy atom. The lowest BCUT2D eigenvalue weighted by Gasteiger charge is -2.20. The van der Waals surface area contributed by atoms with Gasteiger partial charge >= 0.3 is 25.7 Å². The van der Waals surface area contributed by atoms with E-state index in [9.17, 15) is 23.8 Å². The third-order valence-corrected chi connectivity index (χ3v) is 9.43. The maximum atomic E-state index is 12.6. The summed E-state index contributed by atoms with van der Waals surface area (Å²) in [6.45, 7) is 2.49. The summed E-state index contributed by atoms with van der Waals surface area (Å²) in [7, 11) is -4.73. The van der Waals surface area contributed by atoms with Crippen molar-refractivity contribution in [2.45, 2.75) is 161 Å². The number of rotatable bonds is 38. The molecular formula is C45H74NO10P. The number of hydrogen-bond donors (Lipinski definition) is 3. The van der Waals surface area contributed by atoms with E-state index in [1.54, 1.807) is 0 Å². The number of allylic oxidation sites excluding steroid dienone is 14. The smallest absolute Gasteiger partial charge is 0.472 e. The Morgan fingerprint density at radius 1 is 0.561 bits per heavy atom. The Morgan fingerprint density at radius 3 is 1.61 bits per heavy atom. The number of phosphoric acid groups is 1. The third-order valence-electron chi connectivity index (χ3n) is 8.48. The molecular weight excluding hydrogens is 745 g/mol. The van der Waals surface area contributed by atoms with E-state index >= 15 is 0 Å². The van der Waals surface area contributed by atoms with Gasteiger partial charge in [-0.3, -0.25) is 23.4 Å². The first-order valence-electron chi connectivity index (χ1n) is 21.2. The summed E-state index contributed by atoms with van der Waals surface area (Å²) in [5.41, 5.74) is 5.32. The van der Waals surface area contributed by atoms with Crippen LogP contribution in [0, 0.1) is 0 Å². The Bertz CT molecular complexity index is 1290. The summed E-state index contributed by atoms with van der Waals surface area (Å²) in [5, 5.41) is 8.88. The lowest BCUT2D eigenvalue weighted by Crippen LogP contribution is -2.34. The predicted molar refractivity (Wildman–Crippen MR) is 230 cm³/mol. The Balaban J connectivity index is 4.38. The van der Waals surface area contributed by atoms with E-state index in [-0.39, 0.29) is 19.4 Å². The van der Waals surface area contributed by atoms with Crippen LogP contribution in [-0.2, 0) is 37.5 Å². The van der Waals surface area contributed by atoms with Gasteiger partial charge in [0.25, 0.3) is 0 Å². The molecule has 0 heterocycles. The summed E-state index contributed by atoms with van der Waals surface area (Å²) in [6, 6.07) is -1.53. The third kappa shape index (κ3) is 39.3. The van der Waals surface area contributed by atoms with Gasteiger partial charge in [0.05, 0.1) is 13.2 Å². The topological polar surface area (TPSA) is 172 Å². The van der Waals surface area contributed by atoms with E-state index in [2.05, 4.69) is 67.0 Å². The van der Waals surface area contributed by atoms with Crippen molar-refractivity contribution in [3.63, 3.8) is 0 Å². The first kappa shape index (κ1) is 53.7. The van der Waals surface area contributed by atoms with Crippen LogP contribution in [0.1, 0.15) is 149 Å². The second-order valence-corrected chi connectivity index (χ2v) is 15.3. The molecule has 12 heteroatoms. The average Bonchev–Trinajstić information content (AvgIpc) is 3.19. The number of hydrogen-bond acceptors (Lipinski definition) is 9. The fourth-order valence-electron chi connectivity index (χ4n) is 5.21. The molecule has 57 heavy (non-hydrogen) atoms. The van der Waals surface area contributed by atoms with Crippen LogP contribution in [0.25, 0.3) is 0 Å². The average molecular weight is 820 g/mol. The Hall–Kier alpha value is -3.34. The molecule has 2 unspecified atom stereocenters. The molecule has 0 aromatic carbocycles. The molecule has 0 aromatic rings. The van der Waals surface area contributed by atoms with Crippen molar-refractivity contribution in [3.8, 4) is 0 Å². The lowest BCUT2D eigenvalue weighted by molar-refractivity contribution is -0.161. The van der Waals surface area contributed by atoms with Gasteiger partial charge in [-0.1, -0.05) is 157 Å². The van der Waals surface area contributed by atoms with Crippen molar-refractivity contribution in [1.29, 1.82) is 0 Å². The minimum absolute atomic E-state index is 0.110. The molecule has 0 fully saturated rings. The van der Waals surface area contributed by atoms with Gasteiger partial charge in [0.2, 0.25) is 0 Å². The van der Waals surface area contributed by atoms with Gasteiger partial charge in [0.1, 0.15) is 12.6 Å². The number of ether oxygens (including phenoxy) is 2. The number of nitrogens with two attached hydrogens (primary N) is 1. The highest BCUT2D eigenvalue weighted by Gasteiger charge is 2.28. The van der Waals surface area contributed by atoms with E-state index in [0.717, 1.165) is 70.6 Å². The van der Waals surface area contributed by atoms with Crippen molar-refractivity contribution in [3.05, 3.63) is 85.1 Å². The molecule has 0 saturated carbocycles. The minimum Gasteiger partial charge on any atom is -0.480 e.